The highest BCUT2D eigenvalue weighted by Crippen LogP contribution is 2.32. The lowest BCUT2D eigenvalue weighted by molar-refractivity contribution is -0.140. The molecule has 0 aromatic carbocycles. The Balaban J connectivity index is 1.85. The molecule has 0 heterocycles. The number of nitrogens with one attached hydrogen (secondary N) is 1. The standard InChI is InChI=1S/C10H14N2O3/c11-10(3-4-10)9(15)12-7-2-1-6(5-7)8(13)14/h1-2,6-7H,3-5,11H2,(H,12,15)(H,13,14). The van der Waals surface area contributed by atoms with Gasteiger partial charge in [0.2, 0.25) is 5.91 Å². The van der Waals surface area contributed by atoms with Crippen molar-refractivity contribution >= 4 is 11.9 Å². The fraction of sp³-hybridized carbons (Fsp3) is 0.600. The molecule has 0 bridgehead atoms. The number of carbonyl (C=O) groups excluding carboxylic acids is 1. The molecule has 2 aliphatic carbocycles. The molecular formula is C10H14N2O3. The number of amides is 1. The third-order valence-corrected chi connectivity index (χ3v) is 2.96. The number of carboxylic acid groups (broad SMARTS) is 1. The van der Waals surface area contributed by atoms with Crippen molar-refractivity contribution in [2.45, 2.75) is 30.8 Å². The van der Waals surface area contributed by atoms with E-state index in [0.717, 1.165) is 12.8 Å². The SMILES string of the molecule is NC1(C(=O)NC2C=CC(C(=O)O)C2)CC1. The second kappa shape index (κ2) is 3.34. The third kappa shape index (κ3) is 2.02. The Kier molecular flexibility index (Phi) is 2.26. The maximum absolute atomic E-state index is 11.5. The van der Waals surface area contributed by atoms with E-state index in [1.165, 1.54) is 0 Å². The Hall–Kier alpha value is -1.36. The molecule has 0 aromatic heterocycles. The Morgan fingerprint density at radius 3 is 2.53 bits per heavy atom. The normalized spacial score (nSPS) is 31.3. The van der Waals surface area contributed by atoms with E-state index in [1.54, 1.807) is 12.2 Å². The molecule has 2 unspecified atom stereocenters. The number of nitrogens with two attached hydrogens (primary N) is 1. The van der Waals surface area contributed by atoms with Crippen LogP contribution in [0.5, 0.6) is 0 Å². The van der Waals surface area contributed by atoms with E-state index in [4.69, 9.17) is 10.8 Å². The zero-order valence-electron chi connectivity index (χ0n) is 8.27. The second-order valence-electron chi connectivity index (χ2n) is 4.30. The maximum Gasteiger partial charge on any atom is 0.310 e. The third-order valence-electron chi connectivity index (χ3n) is 2.96. The van der Waals surface area contributed by atoms with E-state index < -0.39 is 17.4 Å². The van der Waals surface area contributed by atoms with Crippen LogP contribution in [0.2, 0.25) is 0 Å². The van der Waals surface area contributed by atoms with Crippen molar-refractivity contribution in [3.63, 3.8) is 0 Å². The molecule has 0 saturated heterocycles. The summed E-state index contributed by atoms with van der Waals surface area (Å²) < 4.78 is 0. The van der Waals surface area contributed by atoms with Gasteiger partial charge in [-0.15, -0.1) is 0 Å². The van der Waals surface area contributed by atoms with Crippen molar-refractivity contribution in [3.8, 4) is 0 Å². The number of carboxylic acids is 1. The minimum Gasteiger partial charge on any atom is -0.481 e. The molecular weight excluding hydrogens is 196 g/mol. The van der Waals surface area contributed by atoms with Crippen LogP contribution in [0, 0.1) is 5.92 Å². The van der Waals surface area contributed by atoms with Gasteiger partial charge >= 0.3 is 5.97 Å². The number of hydrogen-bond donors (Lipinski definition) is 3. The smallest absolute Gasteiger partial charge is 0.310 e. The first-order chi connectivity index (χ1) is 7.01. The van der Waals surface area contributed by atoms with Crippen molar-refractivity contribution in [2.75, 3.05) is 0 Å². The summed E-state index contributed by atoms with van der Waals surface area (Å²) in [7, 11) is 0. The molecule has 2 rings (SSSR count). The lowest BCUT2D eigenvalue weighted by atomic mass is 10.1. The van der Waals surface area contributed by atoms with Gasteiger partial charge in [-0.1, -0.05) is 12.2 Å². The lowest BCUT2D eigenvalue weighted by Gasteiger charge is -2.15. The molecule has 82 valence electrons. The molecule has 1 fully saturated rings. The van der Waals surface area contributed by atoms with Crippen LogP contribution in [0.4, 0.5) is 0 Å². The summed E-state index contributed by atoms with van der Waals surface area (Å²) in [5, 5.41) is 11.5. The van der Waals surface area contributed by atoms with Gasteiger partial charge in [0.15, 0.2) is 0 Å². The topological polar surface area (TPSA) is 92.4 Å². The summed E-state index contributed by atoms with van der Waals surface area (Å²) in [4.78, 5) is 22.2. The fourth-order valence-corrected chi connectivity index (χ4v) is 1.66. The summed E-state index contributed by atoms with van der Waals surface area (Å²) in [6, 6.07) is -0.181. The number of aliphatic carboxylic acids is 1. The van der Waals surface area contributed by atoms with Crippen LogP contribution in [-0.2, 0) is 9.59 Å². The molecule has 0 aromatic rings. The highest BCUT2D eigenvalue weighted by Gasteiger charge is 2.46. The Morgan fingerprint density at radius 2 is 2.07 bits per heavy atom. The largest absolute Gasteiger partial charge is 0.481 e. The van der Waals surface area contributed by atoms with Crippen LogP contribution in [0.25, 0.3) is 0 Å². The summed E-state index contributed by atoms with van der Waals surface area (Å²) >= 11 is 0. The zero-order chi connectivity index (χ0) is 11.1. The average Bonchev–Trinajstić information content (AvgIpc) is 2.76. The van der Waals surface area contributed by atoms with Gasteiger partial charge in [-0.2, -0.15) is 0 Å². The lowest BCUT2D eigenvalue weighted by Crippen LogP contribution is -2.46. The van der Waals surface area contributed by atoms with Gasteiger partial charge in [-0.3, -0.25) is 9.59 Å². The van der Waals surface area contributed by atoms with Gasteiger partial charge in [-0.05, 0) is 19.3 Å². The average molecular weight is 210 g/mol. The highest BCUT2D eigenvalue weighted by atomic mass is 16.4. The van der Waals surface area contributed by atoms with Crippen LogP contribution < -0.4 is 11.1 Å². The molecule has 15 heavy (non-hydrogen) atoms. The van der Waals surface area contributed by atoms with Crippen molar-refractivity contribution in [1.82, 2.24) is 5.32 Å². The van der Waals surface area contributed by atoms with E-state index in [9.17, 15) is 9.59 Å². The number of hydrogen-bond acceptors (Lipinski definition) is 3. The van der Waals surface area contributed by atoms with Gasteiger partial charge in [0, 0.05) is 6.04 Å². The molecule has 0 aliphatic heterocycles. The van der Waals surface area contributed by atoms with E-state index in [0.29, 0.717) is 6.42 Å². The van der Waals surface area contributed by atoms with Crippen molar-refractivity contribution in [1.29, 1.82) is 0 Å². The van der Waals surface area contributed by atoms with Gasteiger partial charge < -0.3 is 16.2 Å². The van der Waals surface area contributed by atoms with Gasteiger partial charge in [0.05, 0.1) is 11.5 Å². The summed E-state index contributed by atoms with van der Waals surface area (Å²) in [6.07, 6.45) is 5.21. The van der Waals surface area contributed by atoms with Crippen LogP contribution in [-0.4, -0.2) is 28.6 Å². The molecule has 5 nitrogen and oxygen atoms in total. The molecule has 0 radical (unpaired) electrons. The highest BCUT2D eigenvalue weighted by molar-refractivity contribution is 5.89. The maximum atomic E-state index is 11.5. The van der Waals surface area contributed by atoms with Crippen LogP contribution >= 0.6 is 0 Å². The van der Waals surface area contributed by atoms with E-state index >= 15 is 0 Å². The fourth-order valence-electron chi connectivity index (χ4n) is 1.66. The van der Waals surface area contributed by atoms with Gasteiger partial charge in [0.1, 0.15) is 0 Å². The predicted molar refractivity (Wildman–Crippen MR) is 53.0 cm³/mol. The minimum atomic E-state index is -0.850. The first-order valence-corrected chi connectivity index (χ1v) is 5.02. The Labute approximate surface area is 87.3 Å². The predicted octanol–water partition coefficient (Wildman–Crippen LogP) is -0.377. The first-order valence-electron chi connectivity index (χ1n) is 5.02. The Morgan fingerprint density at radius 1 is 1.40 bits per heavy atom. The molecule has 4 N–H and O–H groups in total. The van der Waals surface area contributed by atoms with E-state index in [1.807, 2.05) is 0 Å². The van der Waals surface area contributed by atoms with Gasteiger partial charge in [-0.25, -0.2) is 0 Å². The molecule has 1 saturated carbocycles. The molecule has 2 atom stereocenters. The van der Waals surface area contributed by atoms with Gasteiger partial charge in [0.25, 0.3) is 0 Å². The number of rotatable bonds is 3. The quantitative estimate of drug-likeness (QED) is 0.554. The number of carbonyl (C=O) groups is 2. The minimum absolute atomic E-state index is 0.164. The molecule has 0 spiro atoms. The first kappa shape index (κ1) is 10.2. The molecule has 2 aliphatic rings. The molecule has 1 amide bonds. The van der Waals surface area contributed by atoms with Crippen molar-refractivity contribution in [3.05, 3.63) is 12.2 Å². The molecule has 5 heteroatoms. The van der Waals surface area contributed by atoms with Crippen LogP contribution in [0.1, 0.15) is 19.3 Å². The van der Waals surface area contributed by atoms with Crippen LogP contribution in [0.3, 0.4) is 0 Å². The monoisotopic (exact) mass is 210 g/mol. The van der Waals surface area contributed by atoms with E-state index in [-0.39, 0.29) is 11.9 Å². The summed E-state index contributed by atoms with van der Waals surface area (Å²) in [5.74, 6) is -1.50. The second-order valence-corrected chi connectivity index (χ2v) is 4.30. The Bertz CT molecular complexity index is 334. The zero-order valence-corrected chi connectivity index (χ0v) is 8.27. The van der Waals surface area contributed by atoms with E-state index in [2.05, 4.69) is 5.32 Å². The van der Waals surface area contributed by atoms with Crippen molar-refractivity contribution in [2.24, 2.45) is 11.7 Å². The van der Waals surface area contributed by atoms with Crippen LogP contribution in [0.15, 0.2) is 12.2 Å². The summed E-state index contributed by atoms with van der Waals surface area (Å²) in [6.45, 7) is 0. The van der Waals surface area contributed by atoms with Crippen molar-refractivity contribution < 1.29 is 14.7 Å². The summed E-state index contributed by atoms with van der Waals surface area (Å²) in [5.41, 5.74) is 5.02.